The maximum atomic E-state index is 12.9. The highest BCUT2D eigenvalue weighted by Gasteiger charge is 2.33. The van der Waals surface area contributed by atoms with Gasteiger partial charge < -0.3 is 15.1 Å². The molecular formula is C18H17N3O5S2. The Balaban J connectivity index is 1.65. The van der Waals surface area contributed by atoms with Crippen molar-refractivity contribution in [1.29, 1.82) is 0 Å². The number of thiophene rings is 1. The van der Waals surface area contributed by atoms with Crippen LogP contribution in [-0.4, -0.2) is 31.8 Å². The van der Waals surface area contributed by atoms with Gasteiger partial charge in [-0.15, -0.1) is 11.3 Å². The number of furan rings is 1. The smallest absolute Gasteiger partial charge is 0.309 e. The van der Waals surface area contributed by atoms with Crippen molar-refractivity contribution in [3.05, 3.63) is 71.8 Å². The topological polar surface area (TPSA) is 118 Å². The van der Waals surface area contributed by atoms with E-state index in [0.29, 0.717) is 0 Å². The standard InChI is InChI=1S/C18H17N3O5S2/c22-17(20-11-13-5-7-19-8-6-13)18(23)21-12-15(14-3-1-9-26-14)28(24,25)16-4-2-10-27-16/h1-10,15H,11-12H2,(H,20,22)(H,21,23)/t15-/m0/s1. The Kier molecular flexibility index (Phi) is 6.22. The van der Waals surface area contributed by atoms with Crippen molar-refractivity contribution in [2.75, 3.05) is 6.54 Å². The number of nitrogens with one attached hydrogen (secondary N) is 2. The third-order valence-corrected chi connectivity index (χ3v) is 7.36. The van der Waals surface area contributed by atoms with Gasteiger partial charge in [-0.3, -0.25) is 14.6 Å². The predicted molar refractivity (Wildman–Crippen MR) is 102 cm³/mol. The van der Waals surface area contributed by atoms with Crippen LogP contribution in [0.25, 0.3) is 0 Å². The van der Waals surface area contributed by atoms with Gasteiger partial charge in [-0.2, -0.15) is 0 Å². The quantitative estimate of drug-likeness (QED) is 0.563. The van der Waals surface area contributed by atoms with Gasteiger partial charge in [0.2, 0.25) is 0 Å². The van der Waals surface area contributed by atoms with E-state index in [9.17, 15) is 18.0 Å². The molecule has 2 amide bonds. The summed E-state index contributed by atoms with van der Waals surface area (Å²) in [5, 5.41) is 5.36. The van der Waals surface area contributed by atoms with Gasteiger partial charge in [0.25, 0.3) is 0 Å². The lowest BCUT2D eigenvalue weighted by Crippen LogP contribution is -2.42. The van der Waals surface area contributed by atoms with Gasteiger partial charge in [0.05, 0.1) is 6.26 Å². The molecule has 0 unspecified atom stereocenters. The first-order valence-corrected chi connectivity index (χ1v) is 10.7. The van der Waals surface area contributed by atoms with Crippen LogP contribution in [0.2, 0.25) is 0 Å². The molecule has 28 heavy (non-hydrogen) atoms. The number of carbonyl (C=O) groups excluding carboxylic acids is 2. The van der Waals surface area contributed by atoms with E-state index in [2.05, 4.69) is 15.6 Å². The van der Waals surface area contributed by atoms with Crippen molar-refractivity contribution in [2.45, 2.75) is 16.0 Å². The monoisotopic (exact) mass is 419 g/mol. The number of rotatable bonds is 7. The molecular weight excluding hydrogens is 402 g/mol. The first kappa shape index (κ1) is 19.8. The SMILES string of the molecule is O=C(NCc1ccncc1)C(=O)NC[C@@H](c1ccco1)S(=O)(=O)c1cccs1. The maximum Gasteiger partial charge on any atom is 0.309 e. The number of nitrogens with zero attached hydrogens (tertiary/aromatic N) is 1. The number of pyridine rings is 1. The fourth-order valence-electron chi connectivity index (χ4n) is 2.43. The molecule has 3 aromatic rings. The summed E-state index contributed by atoms with van der Waals surface area (Å²) >= 11 is 1.08. The fourth-order valence-corrected chi connectivity index (χ4v) is 5.22. The van der Waals surface area contributed by atoms with Gasteiger partial charge in [-0.25, -0.2) is 8.42 Å². The lowest BCUT2D eigenvalue weighted by atomic mass is 10.2. The lowest BCUT2D eigenvalue weighted by Gasteiger charge is -2.15. The zero-order valence-corrected chi connectivity index (χ0v) is 16.2. The average molecular weight is 419 g/mol. The number of sulfone groups is 1. The van der Waals surface area contributed by atoms with Crippen LogP contribution in [0.3, 0.4) is 0 Å². The second-order valence-corrected chi connectivity index (χ2v) is 9.03. The van der Waals surface area contributed by atoms with Crippen LogP contribution >= 0.6 is 11.3 Å². The molecule has 3 heterocycles. The van der Waals surface area contributed by atoms with Crippen LogP contribution in [0, 0.1) is 0 Å². The molecule has 3 rings (SSSR count). The van der Waals surface area contributed by atoms with Crippen molar-refractivity contribution in [3.63, 3.8) is 0 Å². The zero-order chi connectivity index (χ0) is 20.0. The van der Waals surface area contributed by atoms with E-state index in [1.807, 2.05) is 0 Å². The Bertz CT molecular complexity index is 1020. The molecule has 0 fully saturated rings. The summed E-state index contributed by atoms with van der Waals surface area (Å²) in [6.07, 6.45) is 4.51. The Morgan fingerprint density at radius 3 is 2.46 bits per heavy atom. The van der Waals surface area contributed by atoms with E-state index in [4.69, 9.17) is 4.42 Å². The minimum Gasteiger partial charge on any atom is -0.468 e. The first-order chi connectivity index (χ1) is 13.5. The minimum absolute atomic E-state index is 0.157. The Labute approximate surface area is 165 Å². The maximum absolute atomic E-state index is 12.9. The van der Waals surface area contributed by atoms with E-state index in [1.54, 1.807) is 42.0 Å². The number of amides is 2. The Morgan fingerprint density at radius 1 is 1.07 bits per heavy atom. The molecule has 0 aliphatic rings. The molecule has 10 heteroatoms. The molecule has 0 saturated heterocycles. The minimum atomic E-state index is -3.79. The summed E-state index contributed by atoms with van der Waals surface area (Å²) < 4.78 is 31.2. The summed E-state index contributed by atoms with van der Waals surface area (Å²) in [5.74, 6) is -1.60. The molecule has 0 spiro atoms. The molecule has 0 aromatic carbocycles. The summed E-state index contributed by atoms with van der Waals surface area (Å²) in [4.78, 5) is 27.9. The summed E-state index contributed by atoms with van der Waals surface area (Å²) in [6.45, 7) is -0.140. The predicted octanol–water partition coefficient (Wildman–Crippen LogP) is 1.68. The molecule has 0 aliphatic carbocycles. The van der Waals surface area contributed by atoms with Crippen LogP contribution < -0.4 is 10.6 Å². The van der Waals surface area contributed by atoms with Crippen LogP contribution in [0.4, 0.5) is 0 Å². The van der Waals surface area contributed by atoms with Crippen molar-refractivity contribution in [1.82, 2.24) is 15.6 Å². The number of carbonyl (C=O) groups is 2. The molecule has 8 nitrogen and oxygen atoms in total. The van der Waals surface area contributed by atoms with Gasteiger partial charge in [-0.05, 0) is 41.3 Å². The van der Waals surface area contributed by atoms with Crippen molar-refractivity contribution < 1.29 is 22.4 Å². The molecule has 0 radical (unpaired) electrons. The number of aromatic nitrogens is 1. The van der Waals surface area contributed by atoms with Gasteiger partial charge >= 0.3 is 11.8 Å². The largest absolute Gasteiger partial charge is 0.468 e. The molecule has 1 atom stereocenters. The molecule has 146 valence electrons. The van der Waals surface area contributed by atoms with Gasteiger partial charge in [0.1, 0.15) is 15.2 Å². The normalized spacial score (nSPS) is 12.3. The van der Waals surface area contributed by atoms with Crippen LogP contribution in [0.5, 0.6) is 0 Å². The first-order valence-electron chi connectivity index (χ1n) is 8.24. The van der Waals surface area contributed by atoms with Gasteiger partial charge in [0, 0.05) is 25.5 Å². The molecule has 3 aromatic heterocycles. The van der Waals surface area contributed by atoms with Crippen LogP contribution in [0.1, 0.15) is 16.6 Å². The van der Waals surface area contributed by atoms with Crippen LogP contribution in [0.15, 0.2) is 69.1 Å². The van der Waals surface area contributed by atoms with Gasteiger partial charge in [-0.1, -0.05) is 6.07 Å². The highest BCUT2D eigenvalue weighted by Crippen LogP contribution is 2.31. The summed E-state index contributed by atoms with van der Waals surface area (Å²) in [6, 6.07) is 9.61. The van der Waals surface area contributed by atoms with Crippen LogP contribution in [-0.2, 0) is 26.0 Å². The number of hydrogen-bond donors (Lipinski definition) is 2. The molecule has 0 bridgehead atoms. The van der Waals surface area contributed by atoms with Gasteiger partial charge in [0.15, 0.2) is 9.84 Å². The zero-order valence-electron chi connectivity index (χ0n) is 14.6. The summed E-state index contributed by atoms with van der Waals surface area (Å²) in [5.41, 5.74) is 0.782. The Hall–Kier alpha value is -2.98. The van der Waals surface area contributed by atoms with E-state index < -0.39 is 26.9 Å². The lowest BCUT2D eigenvalue weighted by molar-refractivity contribution is -0.139. The van der Waals surface area contributed by atoms with E-state index >= 15 is 0 Å². The van der Waals surface area contributed by atoms with Crippen molar-refractivity contribution >= 4 is 33.0 Å². The summed E-state index contributed by atoms with van der Waals surface area (Å²) in [7, 11) is -3.79. The molecule has 0 aliphatic heterocycles. The van der Waals surface area contributed by atoms with E-state index in [1.165, 1.54) is 18.4 Å². The highest BCUT2D eigenvalue weighted by atomic mass is 32.2. The Morgan fingerprint density at radius 2 is 1.82 bits per heavy atom. The molecule has 2 N–H and O–H groups in total. The average Bonchev–Trinajstić information content (AvgIpc) is 3.41. The third kappa shape index (κ3) is 4.65. The fraction of sp³-hybridized carbons (Fsp3) is 0.167. The number of hydrogen-bond acceptors (Lipinski definition) is 7. The van der Waals surface area contributed by atoms with E-state index in [0.717, 1.165) is 16.9 Å². The van der Waals surface area contributed by atoms with Crippen molar-refractivity contribution in [2.24, 2.45) is 0 Å². The molecule has 0 saturated carbocycles. The second kappa shape index (κ2) is 8.81. The van der Waals surface area contributed by atoms with Crippen molar-refractivity contribution in [3.8, 4) is 0 Å². The second-order valence-electron chi connectivity index (χ2n) is 5.73. The third-order valence-electron chi connectivity index (χ3n) is 3.87. The highest BCUT2D eigenvalue weighted by molar-refractivity contribution is 7.93. The van der Waals surface area contributed by atoms with E-state index in [-0.39, 0.29) is 23.1 Å².